The quantitative estimate of drug-likeness (QED) is 0.850. The summed E-state index contributed by atoms with van der Waals surface area (Å²) in [7, 11) is 3.47. The van der Waals surface area contributed by atoms with Gasteiger partial charge in [-0.3, -0.25) is 0 Å². The molecule has 0 unspecified atom stereocenters. The van der Waals surface area contributed by atoms with E-state index in [0.717, 1.165) is 29.5 Å². The Hall–Kier alpha value is -0.870. The van der Waals surface area contributed by atoms with Crippen LogP contribution >= 0.6 is 11.8 Å². The summed E-state index contributed by atoms with van der Waals surface area (Å²) >= 11 is 1.68. The summed E-state index contributed by atoms with van der Waals surface area (Å²) < 4.78 is 11.0. The van der Waals surface area contributed by atoms with Crippen molar-refractivity contribution in [2.75, 3.05) is 33.6 Å². The zero-order valence-electron chi connectivity index (χ0n) is 11.3. The zero-order chi connectivity index (χ0) is 13.0. The molecule has 4 heteroatoms. The maximum absolute atomic E-state index is 5.54. The molecule has 1 fully saturated rings. The van der Waals surface area contributed by atoms with Crippen LogP contribution in [0.4, 0.5) is 0 Å². The predicted octanol–water partition coefficient (Wildman–Crippen LogP) is 2.89. The van der Waals surface area contributed by atoms with E-state index in [2.05, 4.69) is 23.7 Å². The van der Waals surface area contributed by atoms with E-state index >= 15 is 0 Å². The van der Waals surface area contributed by atoms with Crippen LogP contribution in [0.2, 0.25) is 0 Å². The van der Waals surface area contributed by atoms with Gasteiger partial charge < -0.3 is 14.8 Å². The summed E-state index contributed by atoms with van der Waals surface area (Å²) in [6.07, 6.45) is 4.49. The molecule has 1 aliphatic rings. The van der Waals surface area contributed by atoms with Gasteiger partial charge in [-0.05, 0) is 37.8 Å². The van der Waals surface area contributed by atoms with Crippen LogP contribution in [0.15, 0.2) is 17.0 Å². The first-order chi connectivity index (χ1) is 8.80. The Morgan fingerprint density at radius 2 is 2.00 bits per heavy atom. The summed E-state index contributed by atoms with van der Waals surface area (Å²) in [5, 5.41) is 3.45. The van der Waals surface area contributed by atoms with E-state index in [0.29, 0.717) is 5.92 Å². The third kappa shape index (κ3) is 2.75. The Balaban J connectivity index is 2.37. The van der Waals surface area contributed by atoms with Gasteiger partial charge in [-0.15, -0.1) is 11.8 Å². The summed E-state index contributed by atoms with van der Waals surface area (Å²) in [6, 6.07) is 4.23. The molecular formula is C14H21NO2S. The number of piperidine rings is 1. The minimum Gasteiger partial charge on any atom is -0.496 e. The maximum Gasteiger partial charge on any atom is 0.132 e. The molecular weight excluding hydrogens is 246 g/mol. The van der Waals surface area contributed by atoms with E-state index in [4.69, 9.17) is 9.47 Å². The van der Waals surface area contributed by atoms with E-state index in [1.165, 1.54) is 18.4 Å². The predicted molar refractivity (Wildman–Crippen MR) is 76.2 cm³/mol. The summed E-state index contributed by atoms with van der Waals surface area (Å²) in [4.78, 5) is 1.13. The molecule has 0 radical (unpaired) electrons. The largest absolute Gasteiger partial charge is 0.496 e. The second-order valence-electron chi connectivity index (χ2n) is 4.49. The topological polar surface area (TPSA) is 30.5 Å². The molecule has 0 bridgehead atoms. The number of hydrogen-bond donors (Lipinski definition) is 1. The van der Waals surface area contributed by atoms with Crippen LogP contribution in [-0.2, 0) is 0 Å². The first-order valence-electron chi connectivity index (χ1n) is 6.30. The van der Waals surface area contributed by atoms with Crippen molar-refractivity contribution in [2.45, 2.75) is 23.7 Å². The van der Waals surface area contributed by atoms with Crippen LogP contribution in [0, 0.1) is 0 Å². The molecule has 3 nitrogen and oxygen atoms in total. The van der Waals surface area contributed by atoms with E-state index in [9.17, 15) is 0 Å². The average Bonchev–Trinajstić information content (AvgIpc) is 2.46. The van der Waals surface area contributed by atoms with Gasteiger partial charge in [0, 0.05) is 18.0 Å². The van der Waals surface area contributed by atoms with E-state index in [1.807, 2.05) is 0 Å². The number of hydrogen-bond acceptors (Lipinski definition) is 4. The molecule has 1 saturated heterocycles. The van der Waals surface area contributed by atoms with Crippen molar-refractivity contribution in [1.29, 1.82) is 0 Å². The number of ether oxygens (including phenoxy) is 2. The van der Waals surface area contributed by atoms with Crippen LogP contribution < -0.4 is 14.8 Å². The number of thioether (sulfide) groups is 1. The summed E-state index contributed by atoms with van der Waals surface area (Å²) in [5.74, 6) is 2.45. The molecule has 0 aromatic heterocycles. The van der Waals surface area contributed by atoms with Crippen molar-refractivity contribution in [1.82, 2.24) is 5.32 Å². The number of methoxy groups -OCH3 is 2. The van der Waals surface area contributed by atoms with Crippen molar-refractivity contribution in [3.63, 3.8) is 0 Å². The Kier molecular flexibility index (Phi) is 4.78. The molecule has 0 aliphatic carbocycles. The lowest BCUT2D eigenvalue weighted by molar-refractivity contribution is 0.378. The Morgan fingerprint density at radius 3 is 2.56 bits per heavy atom. The van der Waals surface area contributed by atoms with Gasteiger partial charge in [0.25, 0.3) is 0 Å². The molecule has 1 aromatic rings. The van der Waals surface area contributed by atoms with Gasteiger partial charge in [-0.1, -0.05) is 0 Å². The lowest BCUT2D eigenvalue weighted by atomic mass is 9.91. The Labute approximate surface area is 113 Å². The molecule has 1 aliphatic heterocycles. The molecule has 0 saturated carbocycles. The van der Waals surface area contributed by atoms with Crippen molar-refractivity contribution < 1.29 is 9.47 Å². The standard InChI is InChI=1S/C14H21NO2S/c1-16-12-8-14(18-3)13(17-2)7-11(12)10-5-4-6-15-9-10/h7-8,10,15H,4-6,9H2,1-3H3/t10-/m1/s1. The fourth-order valence-electron chi connectivity index (χ4n) is 2.49. The molecule has 1 atom stereocenters. The molecule has 100 valence electrons. The molecule has 1 aromatic carbocycles. The van der Waals surface area contributed by atoms with Crippen LogP contribution in [0.1, 0.15) is 24.3 Å². The zero-order valence-corrected chi connectivity index (χ0v) is 12.1. The molecule has 1 N–H and O–H groups in total. The van der Waals surface area contributed by atoms with Crippen LogP contribution in [0.25, 0.3) is 0 Å². The van der Waals surface area contributed by atoms with E-state index < -0.39 is 0 Å². The van der Waals surface area contributed by atoms with Gasteiger partial charge in [0.05, 0.1) is 19.1 Å². The second-order valence-corrected chi connectivity index (χ2v) is 5.34. The molecule has 2 rings (SSSR count). The molecule has 1 heterocycles. The fraction of sp³-hybridized carbons (Fsp3) is 0.571. The highest BCUT2D eigenvalue weighted by Gasteiger charge is 2.21. The highest BCUT2D eigenvalue weighted by atomic mass is 32.2. The van der Waals surface area contributed by atoms with Crippen molar-refractivity contribution in [3.05, 3.63) is 17.7 Å². The first-order valence-corrected chi connectivity index (χ1v) is 7.53. The molecule has 18 heavy (non-hydrogen) atoms. The van der Waals surface area contributed by atoms with Gasteiger partial charge in [-0.2, -0.15) is 0 Å². The normalized spacial score (nSPS) is 19.6. The van der Waals surface area contributed by atoms with Crippen LogP contribution in [-0.4, -0.2) is 33.6 Å². The van der Waals surface area contributed by atoms with E-state index in [-0.39, 0.29) is 0 Å². The molecule has 0 spiro atoms. The maximum atomic E-state index is 5.54. The highest BCUT2D eigenvalue weighted by molar-refractivity contribution is 7.98. The fourth-order valence-corrected chi connectivity index (χ4v) is 3.06. The number of rotatable bonds is 4. The smallest absolute Gasteiger partial charge is 0.132 e. The second kappa shape index (κ2) is 6.34. The van der Waals surface area contributed by atoms with Crippen LogP contribution in [0.5, 0.6) is 11.5 Å². The summed E-state index contributed by atoms with van der Waals surface area (Å²) in [6.45, 7) is 2.15. The lowest BCUT2D eigenvalue weighted by Gasteiger charge is -2.25. The van der Waals surface area contributed by atoms with Gasteiger partial charge >= 0.3 is 0 Å². The van der Waals surface area contributed by atoms with Gasteiger partial charge in [0.1, 0.15) is 11.5 Å². The minimum absolute atomic E-state index is 0.526. The van der Waals surface area contributed by atoms with Crippen LogP contribution in [0.3, 0.4) is 0 Å². The van der Waals surface area contributed by atoms with Crippen molar-refractivity contribution in [3.8, 4) is 11.5 Å². The Bertz CT molecular complexity index is 403. The third-order valence-corrected chi connectivity index (χ3v) is 4.23. The van der Waals surface area contributed by atoms with Crippen molar-refractivity contribution in [2.24, 2.45) is 0 Å². The number of benzene rings is 1. The number of nitrogens with one attached hydrogen (secondary N) is 1. The first kappa shape index (κ1) is 13.6. The Morgan fingerprint density at radius 1 is 1.22 bits per heavy atom. The molecule has 0 amide bonds. The minimum atomic E-state index is 0.526. The lowest BCUT2D eigenvalue weighted by Crippen LogP contribution is -2.28. The third-order valence-electron chi connectivity index (χ3n) is 3.47. The van der Waals surface area contributed by atoms with E-state index in [1.54, 1.807) is 26.0 Å². The monoisotopic (exact) mass is 267 g/mol. The summed E-state index contributed by atoms with van der Waals surface area (Å²) in [5.41, 5.74) is 1.26. The van der Waals surface area contributed by atoms with Gasteiger partial charge in [0.15, 0.2) is 0 Å². The SMILES string of the molecule is COc1cc([C@@H]2CCCNC2)c(OC)cc1SC. The van der Waals surface area contributed by atoms with Gasteiger partial charge in [-0.25, -0.2) is 0 Å². The van der Waals surface area contributed by atoms with Gasteiger partial charge in [0.2, 0.25) is 0 Å². The van der Waals surface area contributed by atoms with Crippen molar-refractivity contribution >= 4 is 11.8 Å². The average molecular weight is 267 g/mol. The highest BCUT2D eigenvalue weighted by Crippen LogP contribution is 2.39.